The molecule has 4 rings (SSSR count). The fourth-order valence-electron chi connectivity index (χ4n) is 3.48. The monoisotopic (exact) mass is 431 g/mol. The number of carbonyl (C=O) groups is 2. The molecule has 1 saturated heterocycles. The molecule has 9 nitrogen and oxygen atoms in total. The lowest BCUT2D eigenvalue weighted by Gasteiger charge is -2.37. The number of fused-ring (bicyclic) bond motifs is 1. The second-order valence-electron chi connectivity index (χ2n) is 6.85. The number of para-hydroxylation sites is 2. The lowest BCUT2D eigenvalue weighted by molar-refractivity contribution is -0.384. The number of nitrogens with zero attached hydrogens (tertiary/aromatic N) is 3. The van der Waals surface area contributed by atoms with E-state index in [-0.39, 0.29) is 28.7 Å². The molecule has 0 aromatic heterocycles. The number of morpholine rings is 1. The smallest absolute Gasteiger partial charge is 0.270 e. The molecule has 10 heteroatoms. The lowest BCUT2D eigenvalue weighted by Crippen LogP contribution is -2.54. The Kier molecular flexibility index (Phi) is 5.56. The van der Waals surface area contributed by atoms with Crippen LogP contribution in [0.2, 0.25) is 5.02 Å². The summed E-state index contributed by atoms with van der Waals surface area (Å²) >= 11 is 6.16. The third kappa shape index (κ3) is 3.81. The van der Waals surface area contributed by atoms with Gasteiger partial charge in [0.1, 0.15) is 5.75 Å². The zero-order chi connectivity index (χ0) is 21.3. The van der Waals surface area contributed by atoms with Crippen molar-refractivity contribution in [3.05, 3.63) is 63.2 Å². The summed E-state index contributed by atoms with van der Waals surface area (Å²) < 4.78 is 11.2. The topological polar surface area (TPSA) is 102 Å². The number of hydrogen-bond acceptors (Lipinski definition) is 6. The van der Waals surface area contributed by atoms with E-state index in [0.717, 1.165) is 6.07 Å². The van der Waals surface area contributed by atoms with Gasteiger partial charge in [0.05, 0.1) is 41.0 Å². The highest BCUT2D eigenvalue weighted by Crippen LogP contribution is 2.35. The molecule has 2 amide bonds. The molecule has 2 heterocycles. The fraction of sp³-hybridized carbons (Fsp3) is 0.300. The average Bonchev–Trinajstić information content (AvgIpc) is 2.77. The van der Waals surface area contributed by atoms with Gasteiger partial charge in [0.25, 0.3) is 17.5 Å². The zero-order valence-electron chi connectivity index (χ0n) is 15.8. The van der Waals surface area contributed by atoms with Crippen molar-refractivity contribution in [2.45, 2.75) is 6.10 Å². The summed E-state index contributed by atoms with van der Waals surface area (Å²) in [5.41, 5.74) is 0.402. The summed E-state index contributed by atoms with van der Waals surface area (Å²) in [7, 11) is 0. The molecular weight excluding hydrogens is 414 g/mol. The molecule has 2 aromatic rings. The third-order valence-electron chi connectivity index (χ3n) is 5.01. The van der Waals surface area contributed by atoms with Crippen LogP contribution in [0, 0.1) is 10.1 Å². The van der Waals surface area contributed by atoms with Crippen molar-refractivity contribution in [3.63, 3.8) is 0 Å². The van der Waals surface area contributed by atoms with E-state index in [1.165, 1.54) is 17.0 Å². The minimum Gasteiger partial charge on any atom is -0.476 e. The van der Waals surface area contributed by atoms with Crippen LogP contribution < -0.4 is 9.64 Å². The Labute approximate surface area is 176 Å². The van der Waals surface area contributed by atoms with Gasteiger partial charge in [-0.15, -0.1) is 0 Å². The number of benzene rings is 2. The molecule has 1 atom stereocenters. The van der Waals surface area contributed by atoms with Gasteiger partial charge >= 0.3 is 0 Å². The number of non-ortho nitro benzene ring substituents is 1. The van der Waals surface area contributed by atoms with Gasteiger partial charge in [0.2, 0.25) is 0 Å². The van der Waals surface area contributed by atoms with Crippen LogP contribution in [-0.4, -0.2) is 60.6 Å². The van der Waals surface area contributed by atoms with E-state index in [2.05, 4.69) is 0 Å². The highest BCUT2D eigenvalue weighted by Gasteiger charge is 2.37. The first kappa shape index (κ1) is 20.1. The fourth-order valence-corrected chi connectivity index (χ4v) is 3.73. The number of hydrogen-bond donors (Lipinski definition) is 0. The molecule has 0 N–H and O–H groups in total. The number of amides is 2. The first-order valence-electron chi connectivity index (χ1n) is 9.33. The van der Waals surface area contributed by atoms with Gasteiger partial charge in [-0.1, -0.05) is 23.7 Å². The van der Waals surface area contributed by atoms with E-state index in [9.17, 15) is 19.7 Å². The van der Waals surface area contributed by atoms with Crippen LogP contribution in [0.15, 0.2) is 42.5 Å². The molecule has 2 aliphatic heterocycles. The van der Waals surface area contributed by atoms with Crippen LogP contribution >= 0.6 is 11.6 Å². The number of carbonyl (C=O) groups excluding carboxylic acids is 2. The lowest BCUT2D eigenvalue weighted by atomic mass is 10.1. The van der Waals surface area contributed by atoms with Crippen molar-refractivity contribution in [3.8, 4) is 5.75 Å². The second-order valence-corrected chi connectivity index (χ2v) is 7.26. The molecular formula is C20H18ClN3O6. The largest absolute Gasteiger partial charge is 0.476 e. The maximum absolute atomic E-state index is 13.3. The molecule has 2 aliphatic rings. The van der Waals surface area contributed by atoms with E-state index in [1.54, 1.807) is 29.2 Å². The van der Waals surface area contributed by atoms with Crippen molar-refractivity contribution < 1.29 is 24.0 Å². The Morgan fingerprint density at radius 2 is 1.87 bits per heavy atom. The Morgan fingerprint density at radius 1 is 1.13 bits per heavy atom. The Bertz CT molecular complexity index is 1010. The van der Waals surface area contributed by atoms with E-state index < -0.39 is 16.9 Å². The molecule has 0 spiro atoms. The minimum atomic E-state index is -0.876. The number of nitro benzene ring substituents is 1. The quantitative estimate of drug-likeness (QED) is 0.546. The molecule has 30 heavy (non-hydrogen) atoms. The van der Waals surface area contributed by atoms with Crippen LogP contribution in [0.5, 0.6) is 5.75 Å². The SMILES string of the molecule is O=C(C1CN(C(=O)c2ccc([N+](=O)[O-])cc2Cl)c2ccccc2O1)N1CCOCC1. The number of halogens is 1. The van der Waals surface area contributed by atoms with Crippen LogP contribution in [0.3, 0.4) is 0 Å². The highest BCUT2D eigenvalue weighted by molar-refractivity contribution is 6.34. The van der Waals surface area contributed by atoms with Crippen molar-refractivity contribution in [2.75, 3.05) is 37.7 Å². The third-order valence-corrected chi connectivity index (χ3v) is 5.32. The van der Waals surface area contributed by atoms with Gasteiger partial charge in [-0.2, -0.15) is 0 Å². The van der Waals surface area contributed by atoms with E-state index in [1.807, 2.05) is 0 Å². The first-order chi connectivity index (χ1) is 14.5. The summed E-state index contributed by atoms with van der Waals surface area (Å²) in [6.45, 7) is 1.83. The summed E-state index contributed by atoms with van der Waals surface area (Å²) in [4.78, 5) is 39.7. The molecule has 1 fully saturated rings. The average molecular weight is 432 g/mol. The standard InChI is InChI=1S/C20H18ClN3O6/c21-15-11-13(24(27)28)5-6-14(15)19(25)23-12-18(20(26)22-7-9-29-10-8-22)30-17-4-2-1-3-16(17)23/h1-6,11,18H,7-10,12H2. The van der Waals surface area contributed by atoms with Crippen LogP contribution in [-0.2, 0) is 9.53 Å². The van der Waals surface area contributed by atoms with E-state index >= 15 is 0 Å². The normalized spacial score (nSPS) is 18.4. The molecule has 2 aromatic carbocycles. The van der Waals surface area contributed by atoms with Gasteiger partial charge < -0.3 is 19.3 Å². The molecule has 0 aliphatic carbocycles. The number of rotatable bonds is 3. The highest BCUT2D eigenvalue weighted by atomic mass is 35.5. The van der Waals surface area contributed by atoms with Crippen LogP contribution in [0.25, 0.3) is 0 Å². The maximum Gasteiger partial charge on any atom is 0.270 e. The van der Waals surface area contributed by atoms with Crippen LogP contribution in [0.1, 0.15) is 10.4 Å². The number of ether oxygens (including phenoxy) is 2. The van der Waals surface area contributed by atoms with Gasteiger partial charge in [0, 0.05) is 25.2 Å². The Morgan fingerprint density at radius 3 is 2.57 bits per heavy atom. The Balaban J connectivity index is 1.65. The van der Waals surface area contributed by atoms with Crippen molar-refractivity contribution in [1.29, 1.82) is 0 Å². The molecule has 0 bridgehead atoms. The summed E-state index contributed by atoms with van der Waals surface area (Å²) in [5.74, 6) is -0.285. The van der Waals surface area contributed by atoms with Crippen molar-refractivity contribution >= 4 is 34.8 Å². The number of nitro groups is 1. The van der Waals surface area contributed by atoms with E-state index in [4.69, 9.17) is 21.1 Å². The van der Waals surface area contributed by atoms with Gasteiger partial charge in [-0.3, -0.25) is 19.7 Å². The molecule has 1 unspecified atom stereocenters. The van der Waals surface area contributed by atoms with Crippen molar-refractivity contribution in [2.24, 2.45) is 0 Å². The zero-order valence-corrected chi connectivity index (χ0v) is 16.6. The van der Waals surface area contributed by atoms with Crippen molar-refractivity contribution in [1.82, 2.24) is 4.90 Å². The maximum atomic E-state index is 13.3. The Hall–Kier alpha value is -3.17. The van der Waals surface area contributed by atoms with Gasteiger partial charge in [-0.05, 0) is 18.2 Å². The summed E-state index contributed by atoms with van der Waals surface area (Å²) in [5, 5.41) is 10.9. The molecule has 0 saturated carbocycles. The molecule has 0 radical (unpaired) electrons. The summed E-state index contributed by atoms with van der Waals surface area (Å²) in [6.07, 6.45) is -0.876. The first-order valence-corrected chi connectivity index (χ1v) is 9.71. The predicted octanol–water partition coefficient (Wildman–Crippen LogP) is 2.51. The van der Waals surface area contributed by atoms with Gasteiger partial charge in [-0.25, -0.2) is 0 Å². The summed E-state index contributed by atoms with van der Waals surface area (Å²) in [6, 6.07) is 10.6. The van der Waals surface area contributed by atoms with E-state index in [0.29, 0.717) is 37.7 Å². The number of anilines is 1. The predicted molar refractivity (Wildman–Crippen MR) is 108 cm³/mol. The van der Waals surface area contributed by atoms with Crippen LogP contribution in [0.4, 0.5) is 11.4 Å². The van der Waals surface area contributed by atoms with Gasteiger partial charge in [0.15, 0.2) is 6.10 Å². The minimum absolute atomic E-state index is 0.000641. The second kappa shape index (κ2) is 8.29. The molecule has 156 valence electrons.